The first kappa shape index (κ1) is 30.4. The van der Waals surface area contributed by atoms with Crippen molar-refractivity contribution in [2.75, 3.05) is 0 Å². The van der Waals surface area contributed by atoms with E-state index in [1.54, 1.807) is 0 Å². The van der Waals surface area contributed by atoms with E-state index in [1.807, 2.05) is 32.9 Å². The van der Waals surface area contributed by atoms with Crippen molar-refractivity contribution in [2.45, 2.75) is 129 Å². The molecule has 1 aliphatic rings. The van der Waals surface area contributed by atoms with E-state index in [2.05, 4.69) is 0 Å². The molecule has 0 radical (unpaired) electrons. The van der Waals surface area contributed by atoms with Gasteiger partial charge in [0.2, 0.25) is 5.78 Å². The van der Waals surface area contributed by atoms with Crippen LogP contribution in [-0.2, 0) is 19.1 Å². The fourth-order valence-corrected chi connectivity index (χ4v) is 4.50. The first-order valence-corrected chi connectivity index (χ1v) is 13.0. The van der Waals surface area contributed by atoms with Crippen molar-refractivity contribution in [2.24, 2.45) is 11.8 Å². The number of hydrogen-bond donors (Lipinski definition) is 1. The quantitative estimate of drug-likeness (QED) is 0.139. The van der Waals surface area contributed by atoms with Gasteiger partial charge < -0.3 is 9.84 Å². The Balaban J connectivity index is 2.38. The van der Waals surface area contributed by atoms with E-state index in [4.69, 9.17) is 4.74 Å². The summed E-state index contributed by atoms with van der Waals surface area (Å²) < 4.78 is 33.4. The molecule has 0 heterocycles. The summed E-state index contributed by atoms with van der Waals surface area (Å²) in [6.45, 7) is 5.65. The summed E-state index contributed by atoms with van der Waals surface area (Å²) in [7, 11) is 0. The van der Waals surface area contributed by atoms with Crippen molar-refractivity contribution in [3.05, 3.63) is 12.2 Å². The molecule has 1 N–H and O–H groups in total. The van der Waals surface area contributed by atoms with Crippen LogP contribution >= 0.6 is 0 Å². The minimum atomic E-state index is -3.33. The Morgan fingerprint density at radius 1 is 1.09 bits per heavy atom. The molecule has 0 bridgehead atoms. The number of aliphatic hydroxyl groups is 1. The number of esters is 1. The predicted octanol–water partition coefficient (Wildman–Crippen LogP) is 6.36. The van der Waals surface area contributed by atoms with Gasteiger partial charge in [-0.15, -0.1) is 0 Å². The predicted molar refractivity (Wildman–Crippen MR) is 129 cm³/mol. The molecule has 5 nitrogen and oxygen atoms in total. The van der Waals surface area contributed by atoms with Crippen molar-refractivity contribution in [1.82, 2.24) is 0 Å². The van der Waals surface area contributed by atoms with Gasteiger partial charge in [0, 0.05) is 31.6 Å². The molecule has 0 aromatic carbocycles. The second-order valence-corrected chi connectivity index (χ2v) is 9.83. The van der Waals surface area contributed by atoms with Crippen LogP contribution in [0.1, 0.15) is 111 Å². The lowest BCUT2D eigenvalue weighted by Gasteiger charge is -2.21. The molecule has 1 aliphatic carbocycles. The maximum atomic E-state index is 14.1. The van der Waals surface area contributed by atoms with Gasteiger partial charge in [-0.3, -0.25) is 14.4 Å². The highest BCUT2D eigenvalue weighted by atomic mass is 19.3. The van der Waals surface area contributed by atoms with Gasteiger partial charge in [0.05, 0.1) is 12.2 Å². The normalized spacial score (nSPS) is 21.0. The third-order valence-electron chi connectivity index (χ3n) is 6.47. The highest BCUT2D eigenvalue weighted by Crippen LogP contribution is 2.36. The molecule has 0 spiro atoms. The molecule has 1 rings (SSSR count). The number of carbonyl (C=O) groups is 3. The average molecular weight is 487 g/mol. The summed E-state index contributed by atoms with van der Waals surface area (Å²) >= 11 is 0. The lowest BCUT2D eigenvalue weighted by molar-refractivity contribution is -0.147. The Bertz CT molecular complexity index is 659. The summed E-state index contributed by atoms with van der Waals surface area (Å²) in [5, 5.41) is 10.3. The minimum absolute atomic E-state index is 0.0251. The number of unbranched alkanes of at least 4 members (excludes halogenated alkanes) is 6. The third-order valence-corrected chi connectivity index (χ3v) is 6.47. The van der Waals surface area contributed by atoms with E-state index in [0.717, 1.165) is 38.5 Å². The van der Waals surface area contributed by atoms with E-state index in [9.17, 15) is 28.3 Å². The van der Waals surface area contributed by atoms with Crippen LogP contribution in [0.2, 0.25) is 0 Å². The molecule has 0 saturated heterocycles. The molecule has 0 aromatic heterocycles. The maximum absolute atomic E-state index is 14.1. The van der Waals surface area contributed by atoms with Crippen LogP contribution in [0.4, 0.5) is 8.78 Å². The van der Waals surface area contributed by atoms with Crippen LogP contribution in [0.25, 0.3) is 0 Å². The Morgan fingerprint density at radius 2 is 1.79 bits per heavy atom. The number of alkyl halides is 2. The number of hydrogen-bond acceptors (Lipinski definition) is 5. The molecular formula is C27H44F2O5. The topological polar surface area (TPSA) is 80.7 Å². The van der Waals surface area contributed by atoms with Crippen LogP contribution in [0.15, 0.2) is 12.2 Å². The van der Waals surface area contributed by atoms with Crippen molar-refractivity contribution in [1.29, 1.82) is 0 Å². The largest absolute Gasteiger partial charge is 0.463 e. The second-order valence-electron chi connectivity index (χ2n) is 9.83. The van der Waals surface area contributed by atoms with E-state index in [1.165, 1.54) is 0 Å². The molecule has 196 valence electrons. The second kappa shape index (κ2) is 16.1. The monoisotopic (exact) mass is 486 g/mol. The Hall–Kier alpha value is -1.63. The average Bonchev–Trinajstić information content (AvgIpc) is 3.02. The molecule has 7 heteroatoms. The Labute approximate surface area is 203 Å². The molecule has 0 aliphatic heterocycles. The van der Waals surface area contributed by atoms with Crippen molar-refractivity contribution in [3.63, 3.8) is 0 Å². The lowest BCUT2D eigenvalue weighted by Crippen LogP contribution is -2.30. The molecule has 34 heavy (non-hydrogen) atoms. The summed E-state index contributed by atoms with van der Waals surface area (Å²) in [5.41, 5.74) is 0. The van der Waals surface area contributed by atoms with E-state index in [-0.39, 0.29) is 37.1 Å². The van der Waals surface area contributed by atoms with Crippen LogP contribution in [0.3, 0.4) is 0 Å². The van der Waals surface area contributed by atoms with Gasteiger partial charge >= 0.3 is 11.9 Å². The van der Waals surface area contributed by atoms with Gasteiger partial charge in [0.15, 0.2) is 0 Å². The number of Topliss-reactive ketones (excluding diaryl/α,β-unsaturated/α-hetero) is 2. The van der Waals surface area contributed by atoms with Crippen molar-refractivity contribution in [3.8, 4) is 0 Å². The number of rotatable bonds is 18. The van der Waals surface area contributed by atoms with Gasteiger partial charge in [-0.05, 0) is 58.3 Å². The Morgan fingerprint density at radius 3 is 2.47 bits per heavy atom. The zero-order valence-electron chi connectivity index (χ0n) is 21.2. The number of carbonyl (C=O) groups excluding carboxylic acids is 3. The fraction of sp³-hybridized carbons (Fsp3) is 0.815. The van der Waals surface area contributed by atoms with E-state index in [0.29, 0.717) is 25.7 Å². The molecular weight excluding hydrogens is 442 g/mol. The van der Waals surface area contributed by atoms with Crippen LogP contribution < -0.4 is 0 Å². The highest BCUT2D eigenvalue weighted by Gasteiger charge is 2.43. The maximum Gasteiger partial charge on any atom is 0.306 e. The first-order valence-electron chi connectivity index (χ1n) is 13.0. The molecule has 2 unspecified atom stereocenters. The summed E-state index contributed by atoms with van der Waals surface area (Å²) in [6.07, 6.45) is 9.41. The van der Waals surface area contributed by atoms with E-state index >= 15 is 0 Å². The Kier molecular flexibility index (Phi) is 14.4. The van der Waals surface area contributed by atoms with Gasteiger partial charge in [-0.1, -0.05) is 44.8 Å². The number of halogens is 2. The van der Waals surface area contributed by atoms with Crippen LogP contribution in [0, 0.1) is 11.8 Å². The van der Waals surface area contributed by atoms with Crippen LogP contribution in [-0.4, -0.2) is 40.8 Å². The summed E-state index contributed by atoms with van der Waals surface area (Å²) in [6, 6.07) is 0. The van der Waals surface area contributed by atoms with Gasteiger partial charge in [-0.2, -0.15) is 8.78 Å². The molecule has 0 amide bonds. The summed E-state index contributed by atoms with van der Waals surface area (Å²) in [4.78, 5) is 35.9. The number of aliphatic hydroxyl groups excluding tert-OH is 1. The van der Waals surface area contributed by atoms with Gasteiger partial charge in [0.25, 0.3) is 0 Å². The fourth-order valence-electron chi connectivity index (χ4n) is 4.50. The first-order chi connectivity index (χ1) is 16.1. The highest BCUT2D eigenvalue weighted by molar-refractivity contribution is 5.86. The summed E-state index contributed by atoms with van der Waals surface area (Å²) in [5.74, 6) is -5.54. The lowest BCUT2D eigenvalue weighted by atomic mass is 9.86. The molecule has 3 atom stereocenters. The van der Waals surface area contributed by atoms with Crippen LogP contribution in [0.5, 0.6) is 0 Å². The zero-order chi connectivity index (χ0) is 25.6. The standard InChI is InChI=1S/C27H44F2O5/c1-4-5-6-13-18-27(28,29)25(32)17-16-22-21(23(30)19-24(22)31)14-11-9-7-8-10-12-15-26(33)34-20(2)3/h9,11,20-22,24,31H,4-8,10,12-19H2,1-3H3/t21?,22-,24?/m1/s1. The van der Waals surface area contributed by atoms with Gasteiger partial charge in [0.1, 0.15) is 5.78 Å². The SMILES string of the molecule is CCCCCCC(F)(F)C(=O)CC[C@H]1C(O)CC(=O)C1CC=CCCCCCC(=O)OC(C)C. The van der Waals surface area contributed by atoms with Crippen molar-refractivity contribution < 1.29 is 33.0 Å². The smallest absolute Gasteiger partial charge is 0.306 e. The zero-order valence-corrected chi connectivity index (χ0v) is 21.2. The minimum Gasteiger partial charge on any atom is -0.463 e. The number of ether oxygens (including phenoxy) is 1. The molecule has 1 saturated carbocycles. The number of allylic oxidation sites excluding steroid dienone is 2. The van der Waals surface area contributed by atoms with Crippen molar-refractivity contribution >= 4 is 17.5 Å². The van der Waals surface area contributed by atoms with E-state index < -0.39 is 36.1 Å². The molecule has 1 fully saturated rings. The molecule has 0 aromatic rings. The third kappa shape index (κ3) is 11.7. The van der Waals surface area contributed by atoms with Gasteiger partial charge in [-0.25, -0.2) is 0 Å². The number of ketones is 2.